The van der Waals surface area contributed by atoms with Crippen LogP contribution in [0.1, 0.15) is 24.5 Å². The summed E-state index contributed by atoms with van der Waals surface area (Å²) < 4.78 is 2.83. The Morgan fingerprint density at radius 2 is 2.05 bits per heavy atom. The molecule has 0 saturated carbocycles. The van der Waals surface area contributed by atoms with Crippen molar-refractivity contribution in [1.29, 1.82) is 0 Å². The van der Waals surface area contributed by atoms with Gasteiger partial charge in [-0.15, -0.1) is 0 Å². The molecule has 0 saturated heterocycles. The van der Waals surface area contributed by atoms with Gasteiger partial charge in [-0.25, -0.2) is 9.78 Å². The number of hydrogen-bond donors (Lipinski definition) is 1. The van der Waals surface area contributed by atoms with Crippen LogP contribution in [0.25, 0.3) is 11.2 Å². The lowest BCUT2D eigenvalue weighted by atomic mass is 10.1. The molecule has 0 aliphatic rings. The van der Waals surface area contributed by atoms with Crippen LogP contribution in [0.2, 0.25) is 0 Å². The van der Waals surface area contributed by atoms with Crippen LogP contribution in [0.15, 0.2) is 40.2 Å². The Morgan fingerprint density at radius 3 is 2.77 bits per heavy atom. The number of fused-ring (bicyclic) bond motifs is 1. The number of aryl methyl sites for hydroxylation is 2. The van der Waals surface area contributed by atoms with Crippen molar-refractivity contribution in [2.24, 2.45) is 0 Å². The quantitative estimate of drug-likeness (QED) is 0.796. The summed E-state index contributed by atoms with van der Waals surface area (Å²) in [4.78, 5) is 32.2. The summed E-state index contributed by atoms with van der Waals surface area (Å²) in [5, 5.41) is 0. The maximum atomic E-state index is 12.7. The number of nitrogens with zero attached hydrogens (tertiary/aromatic N) is 3. The summed E-state index contributed by atoms with van der Waals surface area (Å²) in [6, 6.07) is 7.81. The van der Waals surface area contributed by atoms with E-state index in [2.05, 4.69) is 9.97 Å². The Labute approximate surface area is 127 Å². The second-order valence-corrected chi connectivity index (χ2v) is 5.42. The third kappa shape index (κ3) is 2.36. The lowest BCUT2D eigenvalue weighted by molar-refractivity contribution is 0.589. The van der Waals surface area contributed by atoms with E-state index in [-0.39, 0.29) is 17.8 Å². The van der Waals surface area contributed by atoms with Crippen molar-refractivity contribution in [2.75, 3.05) is 0 Å². The first-order valence-electron chi connectivity index (χ1n) is 7.34. The molecule has 0 unspecified atom stereocenters. The zero-order valence-electron chi connectivity index (χ0n) is 12.7. The maximum Gasteiger partial charge on any atom is 0.333 e. The number of rotatable bonds is 4. The van der Waals surface area contributed by atoms with Gasteiger partial charge >= 0.3 is 5.69 Å². The molecule has 0 fully saturated rings. The molecule has 1 aromatic carbocycles. The van der Waals surface area contributed by atoms with Gasteiger partial charge in [0.1, 0.15) is 5.52 Å². The van der Waals surface area contributed by atoms with Crippen LogP contribution in [-0.4, -0.2) is 19.1 Å². The SMILES string of the molecule is CCCn1c(=O)n(Cc2cccc(C)c2)c(=O)c2[nH]cnc21. The van der Waals surface area contributed by atoms with Crippen molar-refractivity contribution in [3.63, 3.8) is 0 Å². The van der Waals surface area contributed by atoms with Gasteiger partial charge in [0.05, 0.1) is 12.9 Å². The lowest BCUT2D eigenvalue weighted by Crippen LogP contribution is -2.40. The topological polar surface area (TPSA) is 72.7 Å². The van der Waals surface area contributed by atoms with E-state index in [1.165, 1.54) is 10.9 Å². The number of aromatic nitrogens is 4. The van der Waals surface area contributed by atoms with Gasteiger partial charge < -0.3 is 4.98 Å². The summed E-state index contributed by atoms with van der Waals surface area (Å²) in [5.74, 6) is 0. The van der Waals surface area contributed by atoms with Crippen molar-refractivity contribution in [3.05, 3.63) is 62.6 Å². The van der Waals surface area contributed by atoms with Gasteiger partial charge in [0, 0.05) is 6.54 Å². The van der Waals surface area contributed by atoms with Gasteiger partial charge in [-0.05, 0) is 18.9 Å². The third-order valence-electron chi connectivity index (χ3n) is 3.67. The number of benzene rings is 1. The molecule has 6 nitrogen and oxygen atoms in total. The first-order chi connectivity index (χ1) is 10.6. The minimum absolute atomic E-state index is 0.262. The molecule has 0 spiro atoms. The highest BCUT2D eigenvalue weighted by molar-refractivity contribution is 5.68. The number of nitrogens with one attached hydrogen (secondary N) is 1. The standard InChI is InChI=1S/C16H18N4O2/c1-3-7-19-14-13(17-10-18-14)15(21)20(16(19)22)9-12-6-4-5-11(2)8-12/h4-6,8,10H,3,7,9H2,1-2H3,(H,17,18). The van der Waals surface area contributed by atoms with Gasteiger partial charge in [-0.3, -0.25) is 13.9 Å². The van der Waals surface area contributed by atoms with Crippen LogP contribution < -0.4 is 11.2 Å². The molecule has 0 bridgehead atoms. The second-order valence-electron chi connectivity index (χ2n) is 5.42. The largest absolute Gasteiger partial charge is 0.339 e. The number of aromatic amines is 1. The first kappa shape index (κ1) is 14.3. The predicted octanol–water partition coefficient (Wildman–Crippen LogP) is 1.65. The molecule has 0 radical (unpaired) electrons. The fourth-order valence-corrected chi connectivity index (χ4v) is 2.66. The van der Waals surface area contributed by atoms with Crippen molar-refractivity contribution in [1.82, 2.24) is 19.1 Å². The van der Waals surface area contributed by atoms with E-state index < -0.39 is 0 Å². The molecule has 1 N–H and O–H groups in total. The molecule has 0 atom stereocenters. The van der Waals surface area contributed by atoms with Gasteiger partial charge in [-0.1, -0.05) is 36.8 Å². The molecule has 22 heavy (non-hydrogen) atoms. The summed E-state index contributed by atoms with van der Waals surface area (Å²) >= 11 is 0. The number of H-pyrrole nitrogens is 1. The van der Waals surface area contributed by atoms with Crippen LogP contribution in [0.3, 0.4) is 0 Å². The third-order valence-corrected chi connectivity index (χ3v) is 3.67. The Kier molecular flexibility index (Phi) is 3.66. The van der Waals surface area contributed by atoms with E-state index in [9.17, 15) is 9.59 Å². The van der Waals surface area contributed by atoms with Crippen molar-refractivity contribution >= 4 is 11.2 Å². The normalized spacial score (nSPS) is 11.2. The molecule has 114 valence electrons. The molecule has 3 aromatic rings. The Hall–Kier alpha value is -2.63. The van der Waals surface area contributed by atoms with E-state index in [4.69, 9.17) is 0 Å². The van der Waals surface area contributed by atoms with Gasteiger partial charge in [-0.2, -0.15) is 0 Å². The van der Waals surface area contributed by atoms with E-state index in [0.717, 1.165) is 17.5 Å². The molecule has 6 heteroatoms. The molecular weight excluding hydrogens is 280 g/mol. The zero-order chi connectivity index (χ0) is 15.7. The fourth-order valence-electron chi connectivity index (χ4n) is 2.66. The highest BCUT2D eigenvalue weighted by atomic mass is 16.2. The molecule has 3 rings (SSSR count). The van der Waals surface area contributed by atoms with Crippen molar-refractivity contribution in [3.8, 4) is 0 Å². The molecular formula is C16H18N4O2. The summed E-state index contributed by atoms with van der Waals surface area (Å²) in [5.41, 5.74) is 2.19. The molecule has 0 amide bonds. The van der Waals surface area contributed by atoms with Gasteiger partial charge in [0.2, 0.25) is 0 Å². The highest BCUT2D eigenvalue weighted by Gasteiger charge is 2.14. The van der Waals surface area contributed by atoms with Gasteiger partial charge in [0.15, 0.2) is 5.65 Å². The molecule has 2 heterocycles. The van der Waals surface area contributed by atoms with Gasteiger partial charge in [0.25, 0.3) is 5.56 Å². The van der Waals surface area contributed by atoms with Crippen LogP contribution in [-0.2, 0) is 13.1 Å². The monoisotopic (exact) mass is 298 g/mol. The Morgan fingerprint density at radius 1 is 1.23 bits per heavy atom. The van der Waals surface area contributed by atoms with E-state index in [0.29, 0.717) is 17.7 Å². The van der Waals surface area contributed by atoms with E-state index in [1.54, 1.807) is 4.57 Å². The Bertz CT molecular complexity index is 933. The molecule has 0 aliphatic carbocycles. The fraction of sp³-hybridized carbons (Fsp3) is 0.312. The van der Waals surface area contributed by atoms with Crippen molar-refractivity contribution < 1.29 is 0 Å². The smallest absolute Gasteiger partial charge is 0.333 e. The maximum absolute atomic E-state index is 12.7. The van der Waals surface area contributed by atoms with Crippen LogP contribution >= 0.6 is 0 Å². The highest BCUT2D eigenvalue weighted by Crippen LogP contribution is 2.06. The predicted molar refractivity (Wildman–Crippen MR) is 85.2 cm³/mol. The first-order valence-corrected chi connectivity index (χ1v) is 7.34. The van der Waals surface area contributed by atoms with Crippen LogP contribution in [0.4, 0.5) is 0 Å². The minimum atomic E-state index is -0.327. The summed E-state index contributed by atoms with van der Waals surface area (Å²) in [6.45, 7) is 4.77. The Balaban J connectivity index is 2.20. The van der Waals surface area contributed by atoms with Crippen LogP contribution in [0, 0.1) is 6.92 Å². The number of hydrogen-bond acceptors (Lipinski definition) is 3. The average Bonchev–Trinajstić information content (AvgIpc) is 2.97. The zero-order valence-corrected chi connectivity index (χ0v) is 12.7. The van der Waals surface area contributed by atoms with Crippen molar-refractivity contribution in [2.45, 2.75) is 33.4 Å². The summed E-state index contributed by atoms with van der Waals surface area (Å²) in [6.07, 6.45) is 2.25. The average molecular weight is 298 g/mol. The minimum Gasteiger partial charge on any atom is -0.339 e. The number of imidazole rings is 1. The lowest BCUT2D eigenvalue weighted by Gasteiger charge is -2.11. The molecule has 0 aliphatic heterocycles. The van der Waals surface area contributed by atoms with Crippen LogP contribution in [0.5, 0.6) is 0 Å². The molecule has 2 aromatic heterocycles. The van der Waals surface area contributed by atoms with E-state index in [1.807, 2.05) is 38.1 Å². The van der Waals surface area contributed by atoms with E-state index >= 15 is 0 Å². The summed E-state index contributed by atoms with van der Waals surface area (Å²) in [7, 11) is 0. The second kappa shape index (κ2) is 5.63.